The molecule has 0 fully saturated rings. The van der Waals surface area contributed by atoms with Crippen molar-refractivity contribution >= 4 is 46.7 Å². The molecule has 2 aromatic rings. The van der Waals surface area contributed by atoms with E-state index >= 15 is 0 Å². The molecule has 0 radical (unpaired) electrons. The number of carbonyl (C=O) groups is 1. The fourth-order valence-electron chi connectivity index (χ4n) is 1.91. The molecule has 7 nitrogen and oxygen atoms in total. The smallest absolute Gasteiger partial charge is 0.308 e. The lowest BCUT2D eigenvalue weighted by Crippen LogP contribution is -2.19. The molecule has 1 N–H and O–H groups in total. The minimum Gasteiger partial charge on any atom is -0.444 e. The molecule has 0 unspecified atom stereocenters. The number of rotatable bonds is 7. The Balaban J connectivity index is 2.10. The Labute approximate surface area is 165 Å². The summed E-state index contributed by atoms with van der Waals surface area (Å²) in [5, 5.41) is 12.7. The summed E-state index contributed by atoms with van der Waals surface area (Å²) < 4.78 is 10.5. The Bertz CT molecular complexity index is 846. The van der Waals surface area contributed by atoms with Gasteiger partial charge >= 0.3 is 5.97 Å². The van der Waals surface area contributed by atoms with Gasteiger partial charge in [-0.1, -0.05) is 34.8 Å². The molecule has 26 heavy (non-hydrogen) atoms. The summed E-state index contributed by atoms with van der Waals surface area (Å²) in [6, 6.07) is 4.89. The van der Waals surface area contributed by atoms with Crippen LogP contribution in [0.2, 0.25) is 15.1 Å². The van der Waals surface area contributed by atoms with Crippen LogP contribution in [-0.4, -0.2) is 43.2 Å². The number of oxazole rings is 1. The minimum atomic E-state index is -0.380. The second kappa shape index (κ2) is 9.10. The molecule has 1 aromatic carbocycles. The second-order valence-corrected chi connectivity index (χ2v) is 6.67. The van der Waals surface area contributed by atoms with Crippen molar-refractivity contribution in [2.75, 3.05) is 32.7 Å². The van der Waals surface area contributed by atoms with Crippen LogP contribution < -0.4 is 5.32 Å². The maximum Gasteiger partial charge on any atom is 0.308 e. The van der Waals surface area contributed by atoms with Crippen LogP contribution in [-0.2, 0) is 9.53 Å². The van der Waals surface area contributed by atoms with Gasteiger partial charge in [-0.2, -0.15) is 10.2 Å². The van der Waals surface area contributed by atoms with Crippen LogP contribution in [0.1, 0.15) is 12.1 Å². The van der Waals surface area contributed by atoms with Crippen LogP contribution in [0, 0.1) is 11.3 Å². The molecule has 1 heterocycles. The number of nitrogens with zero attached hydrogens (tertiary/aromatic N) is 3. The lowest BCUT2D eigenvalue weighted by atomic mass is 10.2. The molecular formula is C16H15Cl3N4O3. The molecular weight excluding hydrogens is 403 g/mol. The zero-order valence-electron chi connectivity index (χ0n) is 14.0. The van der Waals surface area contributed by atoms with Crippen molar-refractivity contribution in [2.24, 2.45) is 0 Å². The topological polar surface area (TPSA) is 91.4 Å². The lowest BCUT2D eigenvalue weighted by molar-refractivity contribution is -0.143. The number of carbonyl (C=O) groups excluding carboxylic acids is 1. The van der Waals surface area contributed by atoms with Crippen molar-refractivity contribution in [1.29, 1.82) is 5.26 Å². The summed E-state index contributed by atoms with van der Waals surface area (Å²) in [6.45, 7) is 0.405. The van der Waals surface area contributed by atoms with Gasteiger partial charge in [-0.05, 0) is 26.2 Å². The van der Waals surface area contributed by atoms with Gasteiger partial charge in [-0.25, -0.2) is 0 Å². The van der Waals surface area contributed by atoms with Gasteiger partial charge in [-0.15, -0.1) is 0 Å². The van der Waals surface area contributed by atoms with Crippen molar-refractivity contribution in [3.63, 3.8) is 0 Å². The van der Waals surface area contributed by atoms with Crippen LogP contribution in [0.4, 0.5) is 5.88 Å². The van der Waals surface area contributed by atoms with Crippen LogP contribution in [0.25, 0.3) is 11.5 Å². The van der Waals surface area contributed by atoms with E-state index in [1.54, 1.807) is 0 Å². The van der Waals surface area contributed by atoms with E-state index in [4.69, 9.17) is 44.0 Å². The van der Waals surface area contributed by atoms with Crippen molar-refractivity contribution < 1.29 is 13.9 Å². The maximum atomic E-state index is 11.6. The van der Waals surface area contributed by atoms with E-state index in [2.05, 4.69) is 10.3 Å². The Hall–Kier alpha value is -1.98. The lowest BCUT2D eigenvalue weighted by Gasteiger charge is -2.09. The average molecular weight is 418 g/mol. The van der Waals surface area contributed by atoms with E-state index in [0.717, 1.165) is 0 Å². The first kappa shape index (κ1) is 20.3. The number of anilines is 1. The SMILES string of the molecule is CN(C)CCC(=O)OCNc1oc(-c2cc(Cl)cc(Cl)c2Cl)nc1C#N. The number of hydrogen-bond donors (Lipinski definition) is 1. The van der Waals surface area contributed by atoms with Gasteiger partial charge in [0.25, 0.3) is 0 Å². The Morgan fingerprint density at radius 3 is 2.77 bits per heavy atom. The number of halogens is 3. The van der Waals surface area contributed by atoms with E-state index in [1.807, 2.05) is 25.1 Å². The highest BCUT2D eigenvalue weighted by molar-refractivity contribution is 6.44. The minimum absolute atomic E-state index is 0.0171. The van der Waals surface area contributed by atoms with Gasteiger partial charge < -0.3 is 19.4 Å². The highest BCUT2D eigenvalue weighted by Gasteiger charge is 2.19. The van der Waals surface area contributed by atoms with E-state index in [-0.39, 0.29) is 46.6 Å². The highest BCUT2D eigenvalue weighted by atomic mass is 35.5. The first-order chi connectivity index (χ1) is 12.3. The third-order valence-corrected chi connectivity index (χ3v) is 4.21. The van der Waals surface area contributed by atoms with E-state index < -0.39 is 0 Å². The molecule has 0 saturated carbocycles. The molecule has 0 spiro atoms. The summed E-state index contributed by atoms with van der Waals surface area (Å²) in [5.41, 5.74) is 0.327. The quantitative estimate of drug-likeness (QED) is 0.413. The summed E-state index contributed by atoms with van der Waals surface area (Å²) in [7, 11) is 3.71. The predicted octanol–water partition coefficient (Wildman–Crippen LogP) is 4.04. The molecule has 0 atom stereocenters. The first-order valence-corrected chi connectivity index (χ1v) is 8.55. The molecule has 2 rings (SSSR count). The van der Waals surface area contributed by atoms with Crippen LogP contribution >= 0.6 is 34.8 Å². The maximum absolute atomic E-state index is 11.6. The molecule has 10 heteroatoms. The largest absolute Gasteiger partial charge is 0.444 e. The van der Waals surface area contributed by atoms with Crippen molar-refractivity contribution in [3.8, 4) is 17.5 Å². The third kappa shape index (κ3) is 5.26. The van der Waals surface area contributed by atoms with Gasteiger partial charge in [0.05, 0.1) is 22.0 Å². The van der Waals surface area contributed by atoms with Crippen LogP contribution in [0.5, 0.6) is 0 Å². The molecule has 0 amide bonds. The van der Waals surface area contributed by atoms with Crippen LogP contribution in [0.15, 0.2) is 16.5 Å². The summed E-state index contributed by atoms with van der Waals surface area (Å²) in [5.74, 6) is -0.262. The Morgan fingerprint density at radius 2 is 2.12 bits per heavy atom. The Kier molecular flexibility index (Phi) is 7.12. The normalized spacial score (nSPS) is 10.7. The molecule has 1 aromatic heterocycles. The summed E-state index contributed by atoms with van der Waals surface area (Å²) >= 11 is 18.1. The molecule has 0 saturated heterocycles. The van der Waals surface area contributed by atoms with E-state index in [0.29, 0.717) is 17.1 Å². The fraction of sp³-hybridized carbons (Fsp3) is 0.312. The molecule has 0 bridgehead atoms. The van der Waals surface area contributed by atoms with Gasteiger partial charge in [0.2, 0.25) is 17.5 Å². The predicted molar refractivity (Wildman–Crippen MR) is 99.4 cm³/mol. The number of ether oxygens (including phenoxy) is 1. The monoisotopic (exact) mass is 416 g/mol. The molecule has 138 valence electrons. The van der Waals surface area contributed by atoms with Gasteiger partial charge in [-0.3, -0.25) is 4.79 Å². The summed E-state index contributed by atoms with van der Waals surface area (Å²) in [6.07, 6.45) is 0.248. The first-order valence-electron chi connectivity index (χ1n) is 7.42. The number of nitrogens with one attached hydrogen (secondary N) is 1. The van der Waals surface area contributed by atoms with Gasteiger partial charge in [0, 0.05) is 11.6 Å². The van der Waals surface area contributed by atoms with Crippen molar-refractivity contribution in [2.45, 2.75) is 6.42 Å². The summed E-state index contributed by atoms with van der Waals surface area (Å²) in [4.78, 5) is 17.5. The average Bonchev–Trinajstić information content (AvgIpc) is 2.99. The van der Waals surface area contributed by atoms with E-state index in [1.165, 1.54) is 12.1 Å². The molecule has 0 aliphatic carbocycles. The van der Waals surface area contributed by atoms with Crippen molar-refractivity contribution in [1.82, 2.24) is 9.88 Å². The zero-order valence-corrected chi connectivity index (χ0v) is 16.2. The number of hydrogen-bond acceptors (Lipinski definition) is 7. The molecule has 0 aliphatic heterocycles. The fourth-order valence-corrected chi connectivity index (χ4v) is 2.60. The van der Waals surface area contributed by atoms with Crippen molar-refractivity contribution in [3.05, 3.63) is 32.9 Å². The standard InChI is InChI=1S/C16H15Cl3N4O3/c1-23(2)4-3-13(24)25-8-21-16-12(7-20)22-15(26-16)10-5-9(17)6-11(18)14(10)19/h5-6,21H,3-4,8H2,1-2H3. The van der Waals surface area contributed by atoms with Crippen LogP contribution in [0.3, 0.4) is 0 Å². The number of benzene rings is 1. The number of esters is 1. The van der Waals surface area contributed by atoms with Gasteiger partial charge in [0.15, 0.2) is 6.73 Å². The third-order valence-electron chi connectivity index (χ3n) is 3.19. The van der Waals surface area contributed by atoms with E-state index in [9.17, 15) is 10.1 Å². The Morgan fingerprint density at radius 1 is 1.38 bits per heavy atom. The van der Waals surface area contributed by atoms with Gasteiger partial charge in [0.1, 0.15) is 6.07 Å². The number of nitriles is 1. The highest BCUT2D eigenvalue weighted by Crippen LogP contribution is 2.37. The molecule has 0 aliphatic rings. The second-order valence-electron chi connectivity index (χ2n) is 5.45. The zero-order chi connectivity index (χ0) is 19.3. The number of aromatic nitrogens is 1.